The van der Waals surface area contributed by atoms with Crippen LogP contribution in [0.4, 0.5) is 0 Å². The van der Waals surface area contributed by atoms with Crippen molar-refractivity contribution in [1.82, 2.24) is 4.90 Å². The summed E-state index contributed by atoms with van der Waals surface area (Å²) in [7, 11) is 0. The van der Waals surface area contributed by atoms with Gasteiger partial charge in [-0.1, -0.05) is 131 Å². The number of likely N-dealkylation sites (tertiary alicyclic amines) is 1. The molecule has 1 fully saturated rings. The molecule has 6 rings (SSSR count). The van der Waals surface area contributed by atoms with Crippen LogP contribution in [0, 0.1) is 5.92 Å². The summed E-state index contributed by atoms with van der Waals surface area (Å²) in [5.74, 6) is -0.777. The molecule has 0 radical (unpaired) electrons. The molecular formula is C36H30BrNO2S. The van der Waals surface area contributed by atoms with E-state index in [1.807, 2.05) is 96.4 Å². The lowest BCUT2D eigenvalue weighted by atomic mass is 9.75. The Balaban J connectivity index is 1.57. The zero-order valence-electron chi connectivity index (χ0n) is 22.5. The Morgan fingerprint density at radius 2 is 1.34 bits per heavy atom. The summed E-state index contributed by atoms with van der Waals surface area (Å²) in [5.41, 5.74) is 3.99. The van der Waals surface area contributed by atoms with Crippen molar-refractivity contribution < 1.29 is 9.59 Å². The van der Waals surface area contributed by atoms with Gasteiger partial charge < -0.3 is 0 Å². The van der Waals surface area contributed by atoms with Gasteiger partial charge in [0.1, 0.15) is 0 Å². The maximum absolute atomic E-state index is 14.6. The van der Waals surface area contributed by atoms with Gasteiger partial charge in [-0.2, -0.15) is 0 Å². The summed E-state index contributed by atoms with van der Waals surface area (Å²) in [6.07, 6.45) is 0.768. The van der Waals surface area contributed by atoms with Crippen molar-refractivity contribution in [1.29, 1.82) is 0 Å². The van der Waals surface area contributed by atoms with Crippen molar-refractivity contribution in [3.8, 4) is 0 Å². The van der Waals surface area contributed by atoms with Crippen molar-refractivity contribution in [2.45, 2.75) is 24.4 Å². The Hall–Kier alpha value is -3.64. The van der Waals surface area contributed by atoms with Gasteiger partial charge in [-0.05, 0) is 40.6 Å². The second kappa shape index (κ2) is 12.5. The molecule has 1 saturated heterocycles. The van der Waals surface area contributed by atoms with Crippen LogP contribution in [-0.2, 0) is 6.42 Å². The van der Waals surface area contributed by atoms with Crippen LogP contribution in [0.25, 0.3) is 0 Å². The van der Waals surface area contributed by atoms with Crippen LogP contribution < -0.4 is 0 Å². The lowest BCUT2D eigenvalue weighted by Crippen LogP contribution is -2.43. The molecule has 1 aliphatic rings. The molecule has 5 aromatic rings. The summed E-state index contributed by atoms with van der Waals surface area (Å²) in [6, 6.07) is 41.3. The van der Waals surface area contributed by atoms with Crippen LogP contribution in [0.3, 0.4) is 0 Å². The molecule has 0 N–H and O–H groups in total. The number of Topliss-reactive ketones (excluding diaryl/α,β-unsaturated/α-hetero) is 2. The van der Waals surface area contributed by atoms with E-state index in [1.54, 1.807) is 0 Å². The smallest absolute Gasteiger partial charge is 0.190 e. The van der Waals surface area contributed by atoms with E-state index in [-0.39, 0.29) is 23.5 Å². The molecule has 0 unspecified atom stereocenters. The molecular weight excluding hydrogens is 590 g/mol. The van der Waals surface area contributed by atoms with Crippen LogP contribution in [0.15, 0.2) is 137 Å². The molecule has 2 heterocycles. The number of thiophene rings is 1. The van der Waals surface area contributed by atoms with E-state index in [0.29, 0.717) is 17.0 Å². The van der Waals surface area contributed by atoms with Gasteiger partial charge in [0.05, 0.1) is 16.8 Å². The summed E-state index contributed by atoms with van der Waals surface area (Å²) in [5, 5.41) is 1.93. The summed E-state index contributed by atoms with van der Waals surface area (Å²) in [4.78, 5) is 32.1. The Morgan fingerprint density at radius 3 is 2.00 bits per heavy atom. The fourth-order valence-corrected chi connectivity index (χ4v) is 7.51. The van der Waals surface area contributed by atoms with Crippen molar-refractivity contribution in [3.05, 3.63) is 164 Å². The first-order valence-electron chi connectivity index (χ1n) is 13.9. The fraction of sp³-hybridized carbons (Fsp3) is 0.167. The molecule has 204 valence electrons. The molecule has 0 spiro atoms. The van der Waals surface area contributed by atoms with E-state index < -0.39 is 12.0 Å². The van der Waals surface area contributed by atoms with Crippen molar-refractivity contribution in [2.75, 3.05) is 6.54 Å². The highest BCUT2D eigenvalue weighted by Crippen LogP contribution is 2.53. The molecule has 4 atom stereocenters. The number of rotatable bonds is 9. The second-order valence-electron chi connectivity index (χ2n) is 10.4. The third-order valence-corrected chi connectivity index (χ3v) is 9.69. The van der Waals surface area contributed by atoms with E-state index in [4.69, 9.17) is 0 Å². The number of carbonyl (C=O) groups is 2. The number of halogens is 1. The van der Waals surface area contributed by atoms with E-state index in [9.17, 15) is 9.59 Å². The van der Waals surface area contributed by atoms with Gasteiger partial charge in [0.2, 0.25) is 0 Å². The maximum atomic E-state index is 14.6. The molecule has 0 amide bonds. The third-order valence-electron chi connectivity index (χ3n) is 8.09. The van der Waals surface area contributed by atoms with Gasteiger partial charge in [0.15, 0.2) is 11.6 Å². The normalized spacial score (nSPS) is 20.6. The highest BCUT2D eigenvalue weighted by Gasteiger charge is 2.55. The molecule has 0 saturated carbocycles. The Kier molecular flexibility index (Phi) is 8.38. The van der Waals surface area contributed by atoms with Crippen molar-refractivity contribution in [3.63, 3.8) is 0 Å². The fourth-order valence-electron chi connectivity index (χ4n) is 6.29. The van der Waals surface area contributed by atoms with E-state index in [1.165, 1.54) is 16.9 Å². The van der Waals surface area contributed by atoms with Gasteiger partial charge >= 0.3 is 0 Å². The van der Waals surface area contributed by atoms with Crippen LogP contribution in [0.2, 0.25) is 0 Å². The molecule has 0 bridgehead atoms. The number of hydrogen-bond donors (Lipinski definition) is 0. The van der Waals surface area contributed by atoms with Gasteiger partial charge in [-0.15, -0.1) is 11.3 Å². The quantitative estimate of drug-likeness (QED) is 0.155. The monoisotopic (exact) mass is 619 g/mol. The number of benzene rings is 4. The second-order valence-corrected chi connectivity index (χ2v) is 12.2. The SMILES string of the molecule is O=C(c1ccccc1)[C@@H]1[C@@H](c2ccccc2)[C@H](c2ccccc2Br)N(CCc2ccccc2)[C@H]1C(=O)c1cccs1. The topological polar surface area (TPSA) is 37.4 Å². The maximum Gasteiger partial charge on any atom is 0.190 e. The minimum absolute atomic E-state index is 0.00799. The van der Waals surface area contributed by atoms with Crippen LogP contribution in [-0.4, -0.2) is 29.1 Å². The van der Waals surface area contributed by atoms with E-state index in [0.717, 1.165) is 22.0 Å². The minimum atomic E-state index is -0.618. The molecule has 1 aliphatic heterocycles. The lowest BCUT2D eigenvalue weighted by molar-refractivity contribution is 0.0735. The van der Waals surface area contributed by atoms with Crippen LogP contribution in [0.1, 0.15) is 48.7 Å². The number of carbonyl (C=O) groups excluding carboxylic acids is 2. The Labute approximate surface area is 253 Å². The minimum Gasteiger partial charge on any atom is -0.294 e. The van der Waals surface area contributed by atoms with Gasteiger partial charge in [-0.25, -0.2) is 0 Å². The lowest BCUT2D eigenvalue weighted by Gasteiger charge is -2.32. The zero-order valence-corrected chi connectivity index (χ0v) is 24.9. The van der Waals surface area contributed by atoms with Crippen LogP contribution >= 0.6 is 27.3 Å². The standard InChI is InChI=1S/C36H30BrNO2S/c37-29-20-11-10-19-28(29)33-31(26-15-6-2-7-16-26)32(35(39)27-17-8-3-9-18-27)34(36(40)30-21-12-24-41-30)38(33)23-22-25-13-4-1-5-14-25/h1-21,24,31-34H,22-23H2/t31-,32-,33+,34-/m1/s1. The molecule has 1 aromatic heterocycles. The third kappa shape index (κ3) is 5.62. The first-order valence-corrected chi connectivity index (χ1v) is 15.6. The van der Waals surface area contributed by atoms with E-state index >= 15 is 0 Å². The van der Waals surface area contributed by atoms with Crippen molar-refractivity contribution in [2.24, 2.45) is 5.92 Å². The van der Waals surface area contributed by atoms with Crippen molar-refractivity contribution >= 4 is 38.8 Å². The number of ketones is 2. The number of hydrogen-bond acceptors (Lipinski definition) is 4. The highest BCUT2D eigenvalue weighted by molar-refractivity contribution is 9.10. The molecule has 41 heavy (non-hydrogen) atoms. The van der Waals surface area contributed by atoms with Crippen LogP contribution in [0.5, 0.6) is 0 Å². The Bertz CT molecular complexity index is 1610. The number of nitrogens with zero attached hydrogens (tertiary/aromatic N) is 1. The largest absolute Gasteiger partial charge is 0.294 e. The predicted octanol–water partition coefficient (Wildman–Crippen LogP) is 8.64. The first-order chi connectivity index (χ1) is 20.1. The molecule has 0 aliphatic carbocycles. The first kappa shape index (κ1) is 27.5. The average Bonchev–Trinajstić information content (AvgIpc) is 3.68. The molecule has 3 nitrogen and oxygen atoms in total. The summed E-state index contributed by atoms with van der Waals surface area (Å²) >= 11 is 5.28. The zero-order chi connectivity index (χ0) is 28.2. The summed E-state index contributed by atoms with van der Waals surface area (Å²) < 4.78 is 0.978. The average molecular weight is 621 g/mol. The predicted molar refractivity (Wildman–Crippen MR) is 170 cm³/mol. The van der Waals surface area contributed by atoms with Gasteiger partial charge in [0, 0.05) is 28.5 Å². The van der Waals surface area contributed by atoms with Gasteiger partial charge in [-0.3, -0.25) is 14.5 Å². The molecule has 5 heteroatoms. The summed E-state index contributed by atoms with van der Waals surface area (Å²) in [6.45, 7) is 0.639. The molecule has 4 aromatic carbocycles. The highest BCUT2D eigenvalue weighted by atomic mass is 79.9. The van der Waals surface area contributed by atoms with Gasteiger partial charge in [0.25, 0.3) is 0 Å². The van der Waals surface area contributed by atoms with E-state index in [2.05, 4.69) is 57.2 Å². The Morgan fingerprint density at radius 1 is 0.707 bits per heavy atom.